The molecule has 0 aromatic heterocycles. The van der Waals surface area contributed by atoms with Gasteiger partial charge in [0.15, 0.2) is 0 Å². The highest BCUT2D eigenvalue weighted by atomic mass is 31.0. The van der Waals surface area contributed by atoms with E-state index in [-0.39, 0.29) is 0 Å². The van der Waals surface area contributed by atoms with Crippen molar-refractivity contribution >= 4 is 21.4 Å². The molecule has 0 bridgehead atoms. The number of hydrogen-bond donors (Lipinski definition) is 0. The van der Waals surface area contributed by atoms with Crippen molar-refractivity contribution in [1.82, 2.24) is 0 Å². The highest BCUT2D eigenvalue weighted by molar-refractivity contribution is 7.15. The van der Waals surface area contributed by atoms with Crippen LogP contribution < -0.4 is 0 Å². The van der Waals surface area contributed by atoms with Crippen molar-refractivity contribution in [3.05, 3.63) is 48.6 Å². The van der Waals surface area contributed by atoms with Crippen LogP contribution in [-0.4, -0.2) is 6.66 Å². The minimum atomic E-state index is 1.14. The van der Waals surface area contributed by atoms with Gasteiger partial charge in [0, 0.05) is 0 Å². The topological polar surface area (TPSA) is 0 Å². The Bertz CT molecular complexity index is 237. The molecule has 0 N–H and O–H groups in total. The summed E-state index contributed by atoms with van der Waals surface area (Å²) in [4.78, 5) is 0. The molecule has 0 saturated carbocycles. The molecule has 1 aromatic carbocycles. The molecule has 1 heteroatoms. The Morgan fingerprint density at radius 1 is 0.941 bits per heavy atom. The average Bonchev–Trinajstić information content (AvgIpc) is 2.44. The smallest absolute Gasteiger partial charge is 0.0190 e. The van der Waals surface area contributed by atoms with Crippen LogP contribution in [0.25, 0.3) is 12.2 Å². The van der Waals surface area contributed by atoms with Crippen LogP contribution in [0.5, 0.6) is 0 Å². The second kappa shape index (κ2) is 20.5. The van der Waals surface area contributed by atoms with Gasteiger partial charge in [-0.3, -0.25) is 0 Å². The second-order valence-electron chi connectivity index (χ2n) is 2.74. The molecular weight excluding hydrogens is 223 g/mol. The summed E-state index contributed by atoms with van der Waals surface area (Å²) in [5.74, 6) is 0. The number of benzene rings is 1. The van der Waals surface area contributed by atoms with Crippen LogP contribution in [-0.2, 0) is 0 Å². The Labute approximate surface area is 111 Å². The first-order valence-corrected chi connectivity index (χ1v) is 7.37. The van der Waals surface area contributed by atoms with Gasteiger partial charge in [-0.15, -0.1) is 9.24 Å². The summed E-state index contributed by atoms with van der Waals surface area (Å²) in [5.41, 5.74) is 2.27. The average molecular weight is 252 g/mol. The van der Waals surface area contributed by atoms with Gasteiger partial charge in [0.2, 0.25) is 0 Å². The van der Waals surface area contributed by atoms with Crippen LogP contribution in [0.4, 0.5) is 0 Å². The lowest BCUT2D eigenvalue weighted by molar-refractivity contribution is 1.09. The summed E-state index contributed by atoms with van der Waals surface area (Å²) in [6.45, 7) is 17.6. The van der Waals surface area contributed by atoms with Crippen LogP contribution in [0.2, 0.25) is 0 Å². The van der Waals surface area contributed by atoms with E-state index in [1.807, 2.05) is 56.9 Å². The van der Waals surface area contributed by atoms with E-state index in [9.17, 15) is 0 Å². The molecule has 0 fully saturated rings. The molecule has 0 heterocycles. The van der Waals surface area contributed by atoms with E-state index in [1.165, 1.54) is 6.42 Å². The van der Waals surface area contributed by atoms with Gasteiger partial charge in [0.25, 0.3) is 0 Å². The molecule has 1 rings (SSSR count). The van der Waals surface area contributed by atoms with E-state index in [4.69, 9.17) is 0 Å². The van der Waals surface area contributed by atoms with Gasteiger partial charge in [-0.25, -0.2) is 0 Å². The largest absolute Gasteiger partial charge is 0.141 e. The molecule has 0 saturated heterocycles. The van der Waals surface area contributed by atoms with E-state index in [1.54, 1.807) is 0 Å². The predicted octanol–water partition coefficient (Wildman–Crippen LogP) is 5.91. The Balaban J connectivity index is -0.000000239. The summed E-state index contributed by atoms with van der Waals surface area (Å²) in [6, 6.07) is 8.02. The molecule has 1 aromatic rings. The van der Waals surface area contributed by atoms with Gasteiger partial charge < -0.3 is 0 Å². The molecule has 0 aliphatic rings. The van der Waals surface area contributed by atoms with E-state index < -0.39 is 0 Å². The normalized spacial score (nSPS) is 6.94. The molecule has 1 unspecified atom stereocenters. The molecule has 0 radical (unpaired) electrons. The quantitative estimate of drug-likeness (QED) is 0.574. The summed E-state index contributed by atoms with van der Waals surface area (Å²) >= 11 is 0. The third-order valence-electron chi connectivity index (χ3n) is 1.44. The van der Waals surface area contributed by atoms with Gasteiger partial charge in [-0.1, -0.05) is 90.4 Å². The van der Waals surface area contributed by atoms with Crippen LogP contribution in [0.1, 0.15) is 45.2 Å². The third-order valence-corrected chi connectivity index (χ3v) is 1.44. The lowest BCUT2D eigenvalue weighted by Gasteiger charge is -1.96. The second-order valence-corrected chi connectivity index (χ2v) is 2.74. The maximum absolute atomic E-state index is 3.69. The van der Waals surface area contributed by atoms with Gasteiger partial charge in [-0.05, 0) is 11.1 Å². The molecule has 0 spiro atoms. The highest BCUT2D eigenvalue weighted by Crippen LogP contribution is 2.10. The molecule has 0 amide bonds. The lowest BCUT2D eigenvalue weighted by Crippen LogP contribution is -1.76. The lowest BCUT2D eigenvalue weighted by atomic mass is 10.1. The maximum Gasteiger partial charge on any atom is -0.0190 e. The van der Waals surface area contributed by atoms with E-state index in [0.29, 0.717) is 0 Å². The Morgan fingerprint density at radius 2 is 1.18 bits per heavy atom. The minimum absolute atomic E-state index is 1.14. The van der Waals surface area contributed by atoms with Crippen molar-refractivity contribution < 1.29 is 0 Å². The fraction of sp³-hybridized carbons (Fsp3) is 0.375. The Hall–Kier alpha value is -0.870. The number of rotatable bonds is 2. The zero-order valence-corrected chi connectivity index (χ0v) is 13.3. The van der Waals surface area contributed by atoms with Crippen LogP contribution >= 0.6 is 9.24 Å². The predicted molar refractivity (Wildman–Crippen MR) is 89.6 cm³/mol. The summed E-state index contributed by atoms with van der Waals surface area (Å²) in [6.07, 6.45) is 4.91. The molecule has 1 atom stereocenters. The summed E-state index contributed by atoms with van der Waals surface area (Å²) < 4.78 is 0. The van der Waals surface area contributed by atoms with Crippen molar-refractivity contribution in [2.24, 2.45) is 0 Å². The van der Waals surface area contributed by atoms with Gasteiger partial charge in [0.1, 0.15) is 0 Å². The fourth-order valence-electron chi connectivity index (χ4n) is 0.883. The Kier molecular flexibility index (Phi) is 25.9. The van der Waals surface area contributed by atoms with Crippen molar-refractivity contribution in [3.63, 3.8) is 0 Å². The number of hydrogen-bond acceptors (Lipinski definition) is 0. The molecule has 98 valence electrons. The monoisotopic (exact) mass is 252 g/mol. The van der Waals surface area contributed by atoms with Crippen molar-refractivity contribution in [3.8, 4) is 0 Å². The first kappa shape index (κ1) is 21.4. The van der Waals surface area contributed by atoms with E-state index in [2.05, 4.69) is 36.2 Å². The molecule has 0 aliphatic carbocycles. The third kappa shape index (κ3) is 13.1. The van der Waals surface area contributed by atoms with E-state index in [0.717, 1.165) is 11.1 Å². The maximum atomic E-state index is 3.69. The Morgan fingerprint density at radius 3 is 1.35 bits per heavy atom. The summed E-state index contributed by atoms with van der Waals surface area (Å²) in [5, 5.41) is 0. The highest BCUT2D eigenvalue weighted by Gasteiger charge is 1.89. The summed E-state index contributed by atoms with van der Waals surface area (Å²) in [7, 11) is 2.42. The zero-order chi connectivity index (χ0) is 14.1. The zero-order valence-electron chi connectivity index (χ0n) is 12.2. The van der Waals surface area contributed by atoms with E-state index >= 15 is 0 Å². The molecule has 0 aliphatic heterocycles. The van der Waals surface area contributed by atoms with Crippen molar-refractivity contribution in [2.75, 3.05) is 6.66 Å². The van der Waals surface area contributed by atoms with Gasteiger partial charge in [-0.2, -0.15) is 0 Å². The SMILES string of the molecule is C=Cc1ccccc1C=C.CC.CCC.CP. The van der Waals surface area contributed by atoms with Crippen LogP contribution in [0, 0.1) is 0 Å². The van der Waals surface area contributed by atoms with Gasteiger partial charge >= 0.3 is 0 Å². The standard InChI is InChI=1S/C10H10.C3H8.C2H6.CH5P/c1-3-9-7-5-6-8-10(9)4-2;1-3-2;2*1-2/h3-8H,1-2H2;3H2,1-2H3;1-2H3;2H2,1H3. The molecule has 17 heavy (non-hydrogen) atoms. The first-order valence-electron chi connectivity index (χ1n) is 6.21. The van der Waals surface area contributed by atoms with Crippen LogP contribution in [0.15, 0.2) is 37.4 Å². The van der Waals surface area contributed by atoms with Crippen molar-refractivity contribution in [2.45, 2.75) is 34.1 Å². The minimum Gasteiger partial charge on any atom is -0.141 e. The first-order chi connectivity index (χ1) is 8.29. The van der Waals surface area contributed by atoms with Crippen LogP contribution in [0.3, 0.4) is 0 Å². The molecule has 0 nitrogen and oxygen atoms in total. The fourth-order valence-corrected chi connectivity index (χ4v) is 0.883. The molecular formula is C16H29P. The van der Waals surface area contributed by atoms with Crippen molar-refractivity contribution in [1.29, 1.82) is 0 Å². The van der Waals surface area contributed by atoms with Gasteiger partial charge in [0.05, 0.1) is 0 Å².